The Morgan fingerprint density at radius 1 is 1.17 bits per heavy atom. The molecule has 4 rings (SSSR count). The average molecular weight is 242 g/mol. The van der Waals surface area contributed by atoms with Crippen LogP contribution in [0, 0.1) is 17.8 Å². The Morgan fingerprint density at radius 2 is 1.94 bits per heavy atom. The lowest BCUT2D eigenvalue weighted by atomic mass is 9.92. The normalized spacial score (nSPS) is 38.9. The van der Waals surface area contributed by atoms with E-state index in [2.05, 4.69) is 17.1 Å². The van der Waals surface area contributed by atoms with E-state index in [1.165, 1.54) is 49.8 Å². The lowest BCUT2D eigenvalue weighted by molar-refractivity contribution is 0.440. The molecule has 2 saturated carbocycles. The molecule has 3 aliphatic rings. The van der Waals surface area contributed by atoms with Crippen molar-refractivity contribution in [2.75, 3.05) is 0 Å². The monoisotopic (exact) mass is 242 g/mol. The molecule has 2 nitrogen and oxygen atoms in total. The first-order valence-electron chi connectivity index (χ1n) is 7.55. The van der Waals surface area contributed by atoms with Crippen LogP contribution in [0.2, 0.25) is 0 Å². The van der Waals surface area contributed by atoms with Crippen molar-refractivity contribution in [3.63, 3.8) is 0 Å². The van der Waals surface area contributed by atoms with E-state index in [-0.39, 0.29) is 0 Å². The van der Waals surface area contributed by atoms with Crippen LogP contribution in [0.5, 0.6) is 0 Å². The Bertz CT molecular complexity index is 444. The van der Waals surface area contributed by atoms with E-state index in [0.717, 1.165) is 17.8 Å². The second-order valence-corrected chi connectivity index (χ2v) is 6.46. The molecule has 0 saturated heterocycles. The van der Waals surface area contributed by atoms with Crippen LogP contribution in [0.25, 0.3) is 0 Å². The molecule has 4 unspecified atom stereocenters. The number of nitrogens with zero attached hydrogens (tertiary/aromatic N) is 1. The Hall–Kier alpha value is -0.890. The molecule has 0 radical (unpaired) electrons. The van der Waals surface area contributed by atoms with Crippen LogP contribution in [0.3, 0.4) is 0 Å². The summed E-state index contributed by atoms with van der Waals surface area (Å²) in [6, 6.07) is 4.66. The third-order valence-corrected chi connectivity index (χ3v) is 5.63. The fraction of sp³-hybridized carbons (Fsp3) is 0.688. The summed E-state index contributed by atoms with van der Waals surface area (Å²) in [4.78, 5) is 4.61. The fourth-order valence-electron chi connectivity index (χ4n) is 4.71. The van der Waals surface area contributed by atoms with Crippen molar-refractivity contribution in [3.8, 4) is 0 Å². The van der Waals surface area contributed by atoms with Gasteiger partial charge in [0, 0.05) is 23.9 Å². The van der Waals surface area contributed by atoms with Crippen molar-refractivity contribution in [1.82, 2.24) is 4.98 Å². The molecule has 0 amide bonds. The molecule has 1 aromatic rings. The maximum Gasteiger partial charge on any atom is 0.0482 e. The summed E-state index contributed by atoms with van der Waals surface area (Å²) in [6.07, 6.45) is 10.1. The van der Waals surface area contributed by atoms with Gasteiger partial charge >= 0.3 is 0 Å². The number of aryl methyl sites for hydroxylation is 1. The summed E-state index contributed by atoms with van der Waals surface area (Å²) in [7, 11) is 0. The molecule has 2 heteroatoms. The second-order valence-electron chi connectivity index (χ2n) is 6.46. The maximum atomic E-state index is 6.62. The van der Waals surface area contributed by atoms with Gasteiger partial charge < -0.3 is 5.73 Å². The van der Waals surface area contributed by atoms with Crippen LogP contribution in [0.1, 0.15) is 49.3 Å². The zero-order valence-electron chi connectivity index (χ0n) is 10.9. The van der Waals surface area contributed by atoms with E-state index < -0.39 is 0 Å². The van der Waals surface area contributed by atoms with Gasteiger partial charge in [0.05, 0.1) is 0 Å². The van der Waals surface area contributed by atoms with Crippen molar-refractivity contribution in [1.29, 1.82) is 0 Å². The summed E-state index contributed by atoms with van der Waals surface area (Å²) < 4.78 is 0. The highest BCUT2D eigenvalue weighted by atomic mass is 14.8. The predicted molar refractivity (Wildman–Crippen MR) is 72.2 cm³/mol. The molecule has 2 fully saturated rings. The van der Waals surface area contributed by atoms with Gasteiger partial charge in [-0.2, -0.15) is 0 Å². The number of aromatic nitrogens is 1. The first-order valence-corrected chi connectivity index (χ1v) is 7.55. The Labute approximate surface area is 109 Å². The Kier molecular flexibility index (Phi) is 2.47. The summed E-state index contributed by atoms with van der Waals surface area (Å²) >= 11 is 0. The van der Waals surface area contributed by atoms with Crippen LogP contribution in [-0.4, -0.2) is 11.0 Å². The van der Waals surface area contributed by atoms with Gasteiger partial charge in [-0.1, -0.05) is 18.9 Å². The van der Waals surface area contributed by atoms with Crippen molar-refractivity contribution in [2.24, 2.45) is 23.5 Å². The van der Waals surface area contributed by atoms with Crippen molar-refractivity contribution < 1.29 is 0 Å². The van der Waals surface area contributed by atoms with Gasteiger partial charge in [-0.25, -0.2) is 0 Å². The van der Waals surface area contributed by atoms with E-state index in [9.17, 15) is 0 Å². The van der Waals surface area contributed by atoms with Crippen molar-refractivity contribution in [2.45, 2.75) is 50.5 Å². The van der Waals surface area contributed by atoms with Crippen LogP contribution in [0.15, 0.2) is 18.3 Å². The molecular weight excluding hydrogens is 220 g/mol. The highest BCUT2D eigenvalue weighted by molar-refractivity contribution is 5.31. The van der Waals surface area contributed by atoms with Gasteiger partial charge in [0.1, 0.15) is 0 Å². The standard InChI is InChI=1S/C16H22N2/c17-15(14-11-5-1-2-6-12(11)14)13-8-7-10-4-3-9-18-16(10)13/h3-4,9,11-15H,1-2,5-8,17H2. The average Bonchev–Trinajstić information content (AvgIpc) is 2.99. The van der Waals surface area contributed by atoms with E-state index in [1.54, 1.807) is 0 Å². The van der Waals surface area contributed by atoms with E-state index in [4.69, 9.17) is 5.73 Å². The van der Waals surface area contributed by atoms with Crippen LogP contribution in [-0.2, 0) is 6.42 Å². The Balaban J connectivity index is 1.55. The smallest absolute Gasteiger partial charge is 0.0482 e. The van der Waals surface area contributed by atoms with E-state index in [1.807, 2.05) is 6.20 Å². The molecule has 0 aliphatic heterocycles. The summed E-state index contributed by atoms with van der Waals surface area (Å²) in [5.41, 5.74) is 9.38. The SMILES string of the molecule is NC(C1CCc2cccnc21)C1C2CCCCC21. The van der Waals surface area contributed by atoms with E-state index >= 15 is 0 Å². The lowest BCUT2D eigenvalue weighted by Crippen LogP contribution is -2.31. The molecule has 0 bridgehead atoms. The molecule has 3 aliphatic carbocycles. The number of rotatable bonds is 2. The molecule has 0 aromatic carbocycles. The van der Waals surface area contributed by atoms with Crippen molar-refractivity contribution in [3.05, 3.63) is 29.6 Å². The van der Waals surface area contributed by atoms with Gasteiger partial charge in [0.2, 0.25) is 0 Å². The molecule has 2 N–H and O–H groups in total. The second kappa shape index (κ2) is 4.06. The van der Waals surface area contributed by atoms with Crippen molar-refractivity contribution >= 4 is 0 Å². The van der Waals surface area contributed by atoms with Crippen LogP contribution in [0.4, 0.5) is 0 Å². The molecule has 0 spiro atoms. The predicted octanol–water partition coefficient (Wildman–Crippen LogP) is 2.87. The Morgan fingerprint density at radius 3 is 2.72 bits per heavy atom. The van der Waals surface area contributed by atoms with Gasteiger partial charge in [0.15, 0.2) is 0 Å². The molecule has 18 heavy (non-hydrogen) atoms. The lowest BCUT2D eigenvalue weighted by Gasteiger charge is -2.20. The minimum atomic E-state index is 0.370. The molecular formula is C16H22N2. The summed E-state index contributed by atoms with van der Waals surface area (Å²) in [5, 5.41) is 0. The minimum Gasteiger partial charge on any atom is -0.327 e. The third-order valence-electron chi connectivity index (χ3n) is 5.63. The molecule has 4 atom stereocenters. The topological polar surface area (TPSA) is 38.9 Å². The number of fused-ring (bicyclic) bond motifs is 2. The fourth-order valence-corrected chi connectivity index (χ4v) is 4.71. The maximum absolute atomic E-state index is 6.62. The zero-order chi connectivity index (χ0) is 12.1. The third kappa shape index (κ3) is 1.55. The van der Waals surface area contributed by atoms with Gasteiger partial charge in [-0.05, 0) is 55.1 Å². The molecule has 1 aromatic heterocycles. The molecule has 1 heterocycles. The number of hydrogen-bond donors (Lipinski definition) is 1. The number of hydrogen-bond acceptors (Lipinski definition) is 2. The van der Waals surface area contributed by atoms with Gasteiger partial charge in [0.25, 0.3) is 0 Å². The highest BCUT2D eigenvalue weighted by Gasteiger charge is 2.55. The van der Waals surface area contributed by atoms with Gasteiger partial charge in [-0.15, -0.1) is 0 Å². The van der Waals surface area contributed by atoms with E-state index in [0.29, 0.717) is 12.0 Å². The van der Waals surface area contributed by atoms with Crippen LogP contribution >= 0.6 is 0 Å². The van der Waals surface area contributed by atoms with Gasteiger partial charge in [-0.3, -0.25) is 4.98 Å². The number of nitrogens with two attached hydrogens (primary N) is 1. The first kappa shape index (κ1) is 11.0. The highest BCUT2D eigenvalue weighted by Crippen LogP contribution is 2.59. The largest absolute Gasteiger partial charge is 0.327 e. The zero-order valence-corrected chi connectivity index (χ0v) is 10.9. The number of pyridine rings is 1. The quantitative estimate of drug-likeness (QED) is 0.866. The minimum absolute atomic E-state index is 0.370. The first-order chi connectivity index (χ1) is 8.86. The summed E-state index contributed by atoms with van der Waals surface area (Å²) in [6.45, 7) is 0. The molecule has 96 valence electrons. The van der Waals surface area contributed by atoms with Crippen LogP contribution < -0.4 is 5.73 Å². The summed E-state index contributed by atoms with van der Waals surface area (Å²) in [5.74, 6) is 3.27.